The van der Waals surface area contributed by atoms with E-state index in [9.17, 15) is 9.90 Å². The second-order valence-corrected chi connectivity index (χ2v) is 8.96. The van der Waals surface area contributed by atoms with Crippen LogP contribution in [-0.2, 0) is 24.3 Å². The Hall–Kier alpha value is -2.41. The number of ether oxygens (including phenoxy) is 1. The van der Waals surface area contributed by atoms with Gasteiger partial charge in [0.05, 0.1) is 0 Å². The van der Waals surface area contributed by atoms with Crippen molar-refractivity contribution in [3.8, 4) is 5.75 Å². The van der Waals surface area contributed by atoms with Crippen LogP contribution >= 0.6 is 0 Å². The summed E-state index contributed by atoms with van der Waals surface area (Å²) >= 11 is 0. The largest absolute Gasteiger partial charge is 0.491 e. The first-order chi connectivity index (χ1) is 15.6. The molecule has 32 heavy (non-hydrogen) atoms. The molecule has 172 valence electrons. The Kier molecular flexibility index (Phi) is 7.79. The van der Waals surface area contributed by atoms with Gasteiger partial charge in [0, 0.05) is 64.8 Å². The topological polar surface area (TPSA) is 56.3 Å². The number of amides is 1. The van der Waals surface area contributed by atoms with Crippen LogP contribution in [0.15, 0.2) is 48.5 Å². The van der Waals surface area contributed by atoms with Crippen molar-refractivity contribution in [1.29, 1.82) is 0 Å². The van der Waals surface area contributed by atoms with E-state index in [-0.39, 0.29) is 12.5 Å². The summed E-state index contributed by atoms with van der Waals surface area (Å²) in [4.78, 5) is 18.3. The molecule has 2 aromatic carbocycles. The summed E-state index contributed by atoms with van der Waals surface area (Å²) < 4.78 is 6.07. The highest BCUT2D eigenvalue weighted by molar-refractivity contribution is 5.73. The summed E-state index contributed by atoms with van der Waals surface area (Å²) in [5, 5.41) is 10.6. The number of hydrogen-bond acceptors (Lipinski definition) is 5. The zero-order valence-corrected chi connectivity index (χ0v) is 19.1. The standard InChI is InChI=1S/C26H35N3O3/c1-21(30)29-13-6-12-27(15-16-29)18-24-9-4-5-10-26(24)32-20-25(31)19-28-14-11-22-7-2-3-8-23(22)17-28/h2-5,7-10,25,31H,6,11-20H2,1H3. The Bertz CT molecular complexity index is 903. The van der Waals surface area contributed by atoms with Gasteiger partial charge < -0.3 is 14.7 Å². The number of hydrogen-bond donors (Lipinski definition) is 1. The molecular formula is C26H35N3O3. The van der Waals surface area contributed by atoms with E-state index in [1.54, 1.807) is 6.92 Å². The van der Waals surface area contributed by atoms with Crippen LogP contribution in [0.25, 0.3) is 0 Å². The van der Waals surface area contributed by atoms with E-state index < -0.39 is 6.10 Å². The van der Waals surface area contributed by atoms with Crippen molar-refractivity contribution in [3.63, 3.8) is 0 Å². The van der Waals surface area contributed by atoms with Gasteiger partial charge in [-0.2, -0.15) is 0 Å². The molecule has 1 unspecified atom stereocenters. The lowest BCUT2D eigenvalue weighted by atomic mass is 10.00. The van der Waals surface area contributed by atoms with Crippen molar-refractivity contribution < 1.29 is 14.6 Å². The molecular weight excluding hydrogens is 402 g/mol. The molecule has 1 atom stereocenters. The highest BCUT2D eigenvalue weighted by atomic mass is 16.5. The lowest BCUT2D eigenvalue weighted by Crippen LogP contribution is -2.38. The Labute approximate surface area is 191 Å². The third-order valence-electron chi connectivity index (χ3n) is 6.51. The van der Waals surface area contributed by atoms with Crippen molar-refractivity contribution in [2.75, 3.05) is 45.9 Å². The van der Waals surface area contributed by atoms with E-state index >= 15 is 0 Å². The predicted molar refractivity (Wildman–Crippen MR) is 126 cm³/mol. The third kappa shape index (κ3) is 6.09. The highest BCUT2D eigenvalue weighted by Crippen LogP contribution is 2.22. The maximum absolute atomic E-state index is 11.7. The van der Waals surface area contributed by atoms with Gasteiger partial charge in [-0.15, -0.1) is 0 Å². The molecule has 1 fully saturated rings. The first kappa shape index (κ1) is 22.8. The summed E-state index contributed by atoms with van der Waals surface area (Å²) in [6, 6.07) is 16.6. The minimum atomic E-state index is -0.532. The molecule has 1 amide bonds. The van der Waals surface area contributed by atoms with Crippen LogP contribution in [0.1, 0.15) is 30.0 Å². The van der Waals surface area contributed by atoms with Crippen LogP contribution in [0.2, 0.25) is 0 Å². The molecule has 2 aliphatic rings. The minimum Gasteiger partial charge on any atom is -0.491 e. The average Bonchev–Trinajstić information content (AvgIpc) is 3.04. The van der Waals surface area contributed by atoms with Crippen molar-refractivity contribution >= 4 is 5.91 Å². The van der Waals surface area contributed by atoms with Crippen molar-refractivity contribution in [1.82, 2.24) is 14.7 Å². The van der Waals surface area contributed by atoms with Crippen LogP contribution in [0, 0.1) is 0 Å². The van der Waals surface area contributed by atoms with Gasteiger partial charge in [-0.3, -0.25) is 14.6 Å². The lowest BCUT2D eigenvalue weighted by molar-refractivity contribution is -0.128. The number of carbonyl (C=O) groups excluding carboxylic acids is 1. The number of rotatable bonds is 7. The number of benzene rings is 2. The zero-order valence-electron chi connectivity index (χ0n) is 19.1. The first-order valence-electron chi connectivity index (χ1n) is 11.7. The maximum atomic E-state index is 11.7. The molecule has 2 aromatic rings. The zero-order chi connectivity index (χ0) is 22.3. The molecule has 2 heterocycles. The third-order valence-corrected chi connectivity index (χ3v) is 6.51. The van der Waals surface area contributed by atoms with Gasteiger partial charge >= 0.3 is 0 Å². The highest BCUT2D eigenvalue weighted by Gasteiger charge is 2.20. The number of aliphatic hydroxyl groups excluding tert-OH is 1. The van der Waals surface area contributed by atoms with Gasteiger partial charge in [-0.05, 0) is 30.0 Å². The Morgan fingerprint density at radius 1 is 0.969 bits per heavy atom. The molecule has 6 nitrogen and oxygen atoms in total. The number of para-hydroxylation sites is 1. The molecule has 0 saturated carbocycles. The van der Waals surface area contributed by atoms with E-state index in [1.165, 1.54) is 11.1 Å². The number of fused-ring (bicyclic) bond motifs is 1. The lowest BCUT2D eigenvalue weighted by Gasteiger charge is -2.30. The van der Waals surface area contributed by atoms with Crippen LogP contribution < -0.4 is 4.74 Å². The molecule has 0 bridgehead atoms. The van der Waals surface area contributed by atoms with Gasteiger partial charge in [0.25, 0.3) is 0 Å². The SMILES string of the molecule is CC(=O)N1CCCN(Cc2ccccc2OCC(O)CN2CCc3ccccc3C2)CC1. The number of β-amino-alcohol motifs (C(OH)–C–C–N with tert-alkyl or cyclic N) is 1. The number of nitrogens with zero attached hydrogens (tertiary/aromatic N) is 3. The van der Waals surface area contributed by atoms with Crippen molar-refractivity contribution in [3.05, 3.63) is 65.2 Å². The Morgan fingerprint density at radius 2 is 1.75 bits per heavy atom. The minimum absolute atomic E-state index is 0.154. The Balaban J connectivity index is 1.28. The fourth-order valence-corrected chi connectivity index (χ4v) is 4.71. The molecule has 0 radical (unpaired) electrons. The average molecular weight is 438 g/mol. The first-order valence-corrected chi connectivity index (χ1v) is 11.7. The molecule has 6 heteroatoms. The summed E-state index contributed by atoms with van der Waals surface area (Å²) in [5.41, 5.74) is 3.91. The second kappa shape index (κ2) is 10.9. The van der Waals surface area contributed by atoms with Crippen molar-refractivity contribution in [2.45, 2.75) is 39.0 Å². The normalized spacial score (nSPS) is 18.6. The van der Waals surface area contributed by atoms with E-state index in [0.29, 0.717) is 6.54 Å². The summed E-state index contributed by atoms with van der Waals surface area (Å²) in [6.07, 6.45) is 1.49. The van der Waals surface area contributed by atoms with Gasteiger partial charge in [-0.1, -0.05) is 42.5 Å². The number of aliphatic hydroxyl groups is 1. The predicted octanol–water partition coefficient (Wildman–Crippen LogP) is 2.54. The monoisotopic (exact) mass is 437 g/mol. The van der Waals surface area contributed by atoms with Crippen molar-refractivity contribution in [2.24, 2.45) is 0 Å². The maximum Gasteiger partial charge on any atom is 0.219 e. The van der Waals surface area contributed by atoms with Crippen LogP contribution in [-0.4, -0.2) is 77.7 Å². The van der Waals surface area contributed by atoms with E-state index in [0.717, 1.165) is 70.0 Å². The van der Waals surface area contributed by atoms with Gasteiger partial charge in [0.15, 0.2) is 0 Å². The molecule has 0 spiro atoms. The molecule has 0 aromatic heterocycles. The quantitative estimate of drug-likeness (QED) is 0.722. The van der Waals surface area contributed by atoms with Gasteiger partial charge in [-0.25, -0.2) is 0 Å². The van der Waals surface area contributed by atoms with Crippen LogP contribution in [0.3, 0.4) is 0 Å². The summed E-state index contributed by atoms with van der Waals surface area (Å²) in [6.45, 7) is 8.63. The fourth-order valence-electron chi connectivity index (χ4n) is 4.71. The summed E-state index contributed by atoms with van der Waals surface area (Å²) in [5.74, 6) is 0.991. The second-order valence-electron chi connectivity index (χ2n) is 8.96. The van der Waals surface area contributed by atoms with Gasteiger partial charge in [0.2, 0.25) is 5.91 Å². The van der Waals surface area contributed by atoms with Crippen LogP contribution in [0.5, 0.6) is 5.75 Å². The molecule has 4 rings (SSSR count). The molecule has 0 aliphatic carbocycles. The molecule has 1 saturated heterocycles. The number of carbonyl (C=O) groups is 1. The summed E-state index contributed by atoms with van der Waals surface area (Å²) in [7, 11) is 0. The van der Waals surface area contributed by atoms with E-state index in [1.807, 2.05) is 23.1 Å². The van der Waals surface area contributed by atoms with Crippen LogP contribution in [0.4, 0.5) is 0 Å². The van der Waals surface area contributed by atoms with Gasteiger partial charge in [0.1, 0.15) is 18.5 Å². The fraction of sp³-hybridized carbons (Fsp3) is 0.500. The van der Waals surface area contributed by atoms with E-state index in [2.05, 4.69) is 40.1 Å². The van der Waals surface area contributed by atoms with E-state index in [4.69, 9.17) is 4.74 Å². The smallest absolute Gasteiger partial charge is 0.219 e. The Morgan fingerprint density at radius 3 is 2.59 bits per heavy atom. The molecule has 1 N–H and O–H groups in total. The molecule has 2 aliphatic heterocycles.